The summed E-state index contributed by atoms with van der Waals surface area (Å²) >= 11 is 0. The second-order valence-corrected chi connectivity index (χ2v) is 1.80. The van der Waals surface area contributed by atoms with Crippen LogP contribution in [-0.4, -0.2) is 0 Å². The molecule has 0 rings (SSSR count). The summed E-state index contributed by atoms with van der Waals surface area (Å²) in [6.45, 7) is 4.00. The van der Waals surface area contributed by atoms with E-state index in [4.69, 9.17) is 2.74 Å². The predicted molar refractivity (Wildman–Crippen MR) is 39.0 cm³/mol. The molecule has 0 aromatic rings. The predicted octanol–water partition coefficient (Wildman–Crippen LogP) is 3.14. The Morgan fingerprint density at radius 3 is 3.25 bits per heavy atom. The molecule has 0 aliphatic heterocycles. The second-order valence-electron chi connectivity index (χ2n) is 1.80. The van der Waals surface area contributed by atoms with Gasteiger partial charge in [0.15, 0.2) is 0 Å². The minimum absolute atomic E-state index is 0.0163. The topological polar surface area (TPSA) is 0 Å². The molecule has 1 unspecified atom stereocenters. The highest BCUT2D eigenvalue weighted by atomic mass is 13.9. The van der Waals surface area contributed by atoms with E-state index < -0.39 is 0 Å². The lowest BCUT2D eigenvalue weighted by Gasteiger charge is -1.91. The van der Waals surface area contributed by atoms with Crippen LogP contribution in [0.1, 0.15) is 41.7 Å². The molecule has 0 bridgehead atoms. The normalized spacial score (nSPS) is 16.5. The van der Waals surface area contributed by atoms with Gasteiger partial charge in [0.05, 0.1) is 0 Å². The van der Waals surface area contributed by atoms with Crippen LogP contribution in [0.15, 0.2) is 12.7 Å². The van der Waals surface area contributed by atoms with E-state index in [0.29, 0.717) is 6.90 Å². The van der Waals surface area contributed by atoms with Gasteiger partial charge >= 0.3 is 0 Å². The summed E-state index contributed by atoms with van der Waals surface area (Å²) in [6.07, 6.45) is 5.57. The van der Waals surface area contributed by atoms with Crippen LogP contribution < -0.4 is 0 Å². The van der Waals surface area contributed by atoms with Crippen molar-refractivity contribution in [3.05, 3.63) is 12.7 Å². The zero-order valence-electron chi connectivity index (χ0n) is 7.40. The Morgan fingerprint density at radius 1 is 1.75 bits per heavy atom. The standard InChI is InChI=1S/C8H16/c1-3-5-7-8-6-4-2/h3H,1,4-8H2,2H3/i2D,6D. The highest BCUT2D eigenvalue weighted by Crippen LogP contribution is 2.01. The molecule has 48 valence electrons. The molecular weight excluding hydrogens is 96.1 g/mol. The van der Waals surface area contributed by atoms with Gasteiger partial charge in [-0.3, -0.25) is 0 Å². The lowest BCUT2D eigenvalue weighted by molar-refractivity contribution is 0.675. The number of unbranched alkanes of at least 4 members (excludes halogenated alkanes) is 1. The first kappa shape index (κ1) is 4.60. The van der Waals surface area contributed by atoms with Gasteiger partial charge in [-0.05, 0) is 12.8 Å². The van der Waals surface area contributed by atoms with Crippen LogP contribution in [0.3, 0.4) is 0 Å². The molecule has 0 aromatic carbocycles. The number of allylic oxidation sites excluding steroid dienone is 1. The molecule has 1 atom stereocenters. The average molecular weight is 114 g/mol. The molecule has 0 radical (unpaired) electrons. The molecule has 0 saturated carbocycles. The van der Waals surface area contributed by atoms with Gasteiger partial charge in [0.25, 0.3) is 0 Å². The molecule has 0 N–H and O–H groups in total. The maximum Gasteiger partial charge on any atom is 0.0266 e. The Bertz CT molecular complexity index is 81.3. The Morgan fingerprint density at radius 2 is 2.62 bits per heavy atom. The Labute approximate surface area is 55.4 Å². The van der Waals surface area contributed by atoms with Crippen molar-refractivity contribution in [3.8, 4) is 0 Å². The highest BCUT2D eigenvalue weighted by Gasteiger charge is 1.81. The summed E-state index contributed by atoms with van der Waals surface area (Å²) in [7, 11) is 0. The van der Waals surface area contributed by atoms with Crippen molar-refractivity contribution < 1.29 is 2.74 Å². The summed E-state index contributed by atoms with van der Waals surface area (Å²) in [6, 6.07) is 0. The fourth-order valence-corrected chi connectivity index (χ4v) is 0.551. The smallest absolute Gasteiger partial charge is 0.0266 e. The summed E-state index contributed by atoms with van der Waals surface area (Å²) in [5.41, 5.74) is 0. The molecule has 0 aliphatic carbocycles. The van der Waals surface area contributed by atoms with Gasteiger partial charge in [0, 0.05) is 2.74 Å². The van der Waals surface area contributed by atoms with E-state index in [-0.39, 0.29) is 6.40 Å². The third kappa shape index (κ3) is 5.74. The van der Waals surface area contributed by atoms with Crippen LogP contribution in [0, 0.1) is 0 Å². The monoisotopic (exact) mass is 114 g/mol. The maximum absolute atomic E-state index is 7.40. The fraction of sp³-hybridized carbons (Fsp3) is 0.750. The van der Waals surface area contributed by atoms with Crippen molar-refractivity contribution in [1.29, 1.82) is 0 Å². The average Bonchev–Trinajstić information content (AvgIpc) is 1.89. The Balaban J connectivity index is 3.04. The van der Waals surface area contributed by atoms with Crippen LogP contribution in [-0.2, 0) is 0 Å². The fourth-order valence-electron chi connectivity index (χ4n) is 0.551. The number of hydrogen-bond acceptors (Lipinski definition) is 0. The van der Waals surface area contributed by atoms with Crippen LogP contribution >= 0.6 is 0 Å². The molecule has 0 spiro atoms. The highest BCUT2D eigenvalue weighted by molar-refractivity contribution is 4.64. The largest absolute Gasteiger partial charge is 0.103 e. The minimum Gasteiger partial charge on any atom is -0.103 e. The number of rotatable bonds is 5. The van der Waals surface area contributed by atoms with Crippen molar-refractivity contribution in [1.82, 2.24) is 0 Å². The summed E-state index contributed by atoms with van der Waals surface area (Å²) in [4.78, 5) is 0. The van der Waals surface area contributed by atoms with E-state index in [1.165, 1.54) is 0 Å². The van der Waals surface area contributed by atoms with Crippen LogP contribution in [0.5, 0.6) is 0 Å². The van der Waals surface area contributed by atoms with E-state index in [9.17, 15) is 0 Å². The van der Waals surface area contributed by atoms with Gasteiger partial charge in [-0.2, -0.15) is 0 Å². The van der Waals surface area contributed by atoms with Crippen molar-refractivity contribution in [2.24, 2.45) is 0 Å². The first-order chi connectivity index (χ1) is 4.81. The minimum atomic E-state index is -0.0163. The van der Waals surface area contributed by atoms with Gasteiger partial charge in [-0.25, -0.2) is 0 Å². The van der Waals surface area contributed by atoms with Gasteiger partial charge in [0.2, 0.25) is 0 Å². The van der Waals surface area contributed by atoms with Gasteiger partial charge in [-0.15, -0.1) is 6.58 Å². The van der Waals surface area contributed by atoms with E-state index >= 15 is 0 Å². The maximum atomic E-state index is 7.40. The lowest BCUT2D eigenvalue weighted by atomic mass is 10.2. The Hall–Kier alpha value is -0.260. The molecule has 0 heterocycles. The molecule has 0 saturated heterocycles. The zero-order chi connectivity index (χ0) is 7.82. The number of hydrogen-bond donors (Lipinski definition) is 0. The second kappa shape index (κ2) is 6.74. The SMILES string of the molecule is [2H]CCC([2H])CCCC=C. The van der Waals surface area contributed by atoms with Gasteiger partial charge in [0.1, 0.15) is 0 Å². The van der Waals surface area contributed by atoms with Crippen molar-refractivity contribution >= 4 is 0 Å². The molecule has 8 heavy (non-hydrogen) atoms. The first-order valence-electron chi connectivity index (χ1n) is 4.42. The quantitative estimate of drug-likeness (QED) is 0.380. The van der Waals surface area contributed by atoms with Gasteiger partial charge in [-0.1, -0.05) is 32.2 Å². The molecular formula is C8H16. The van der Waals surface area contributed by atoms with Crippen molar-refractivity contribution in [3.63, 3.8) is 0 Å². The van der Waals surface area contributed by atoms with Crippen molar-refractivity contribution in [2.75, 3.05) is 0 Å². The van der Waals surface area contributed by atoms with E-state index in [1.807, 2.05) is 6.08 Å². The zero-order valence-corrected chi connectivity index (χ0v) is 5.40. The molecule has 0 amide bonds. The third-order valence-electron chi connectivity index (χ3n) is 1.02. The Kier molecular flexibility index (Phi) is 3.88. The molecule has 0 fully saturated rings. The summed E-state index contributed by atoms with van der Waals surface area (Å²) < 4.78 is 14.3. The van der Waals surface area contributed by atoms with Gasteiger partial charge < -0.3 is 0 Å². The summed E-state index contributed by atoms with van der Waals surface area (Å²) in [5, 5.41) is 0. The molecule has 0 heteroatoms. The molecule has 0 nitrogen and oxygen atoms in total. The summed E-state index contributed by atoms with van der Waals surface area (Å²) in [5.74, 6) is 0. The molecule has 0 aromatic heterocycles. The van der Waals surface area contributed by atoms with E-state index in [1.54, 1.807) is 0 Å². The van der Waals surface area contributed by atoms with Crippen LogP contribution in [0.25, 0.3) is 0 Å². The van der Waals surface area contributed by atoms with E-state index in [0.717, 1.165) is 25.7 Å². The van der Waals surface area contributed by atoms with Crippen LogP contribution in [0.4, 0.5) is 0 Å². The first-order valence-corrected chi connectivity index (χ1v) is 3.13. The van der Waals surface area contributed by atoms with Crippen LogP contribution in [0.2, 0.25) is 0 Å². The van der Waals surface area contributed by atoms with E-state index in [2.05, 4.69) is 6.58 Å². The third-order valence-corrected chi connectivity index (χ3v) is 1.02. The lowest BCUT2D eigenvalue weighted by Crippen LogP contribution is -1.71. The molecule has 0 aliphatic rings. The van der Waals surface area contributed by atoms with Crippen molar-refractivity contribution in [2.45, 2.75) is 39.0 Å².